The first kappa shape index (κ1) is 7.67. The summed E-state index contributed by atoms with van der Waals surface area (Å²) in [6, 6.07) is 4.88. The Morgan fingerprint density at radius 2 is 2.23 bits per heavy atom. The molecular formula is C9H6N2O2. The normalized spacial score (nSPS) is 10.2. The number of phenols is 1. The van der Waals surface area contributed by atoms with Crippen molar-refractivity contribution in [2.45, 2.75) is 0 Å². The molecule has 0 atom stereocenters. The predicted molar refractivity (Wildman–Crippen MR) is 46.6 cm³/mol. The molecule has 0 spiro atoms. The molecule has 0 aliphatic carbocycles. The lowest BCUT2D eigenvalue weighted by atomic mass is 10.1. The number of carbonyl (C=O) groups is 1. The van der Waals surface area contributed by atoms with Crippen molar-refractivity contribution >= 4 is 17.2 Å². The number of carbonyl (C=O) groups excluding carboxylic acids is 1. The van der Waals surface area contributed by atoms with Gasteiger partial charge in [-0.2, -0.15) is 5.10 Å². The largest absolute Gasteiger partial charge is 0.506 e. The van der Waals surface area contributed by atoms with Crippen LogP contribution in [0.5, 0.6) is 5.75 Å². The minimum absolute atomic E-state index is 0.0358. The van der Waals surface area contributed by atoms with E-state index in [1.165, 1.54) is 12.3 Å². The minimum Gasteiger partial charge on any atom is -0.506 e. The molecule has 4 nitrogen and oxygen atoms in total. The Morgan fingerprint density at radius 3 is 3.00 bits per heavy atom. The van der Waals surface area contributed by atoms with Crippen molar-refractivity contribution in [3.05, 3.63) is 30.0 Å². The van der Waals surface area contributed by atoms with Crippen molar-refractivity contribution in [1.29, 1.82) is 0 Å². The van der Waals surface area contributed by atoms with Crippen molar-refractivity contribution in [3.63, 3.8) is 0 Å². The van der Waals surface area contributed by atoms with Gasteiger partial charge in [-0.25, -0.2) is 0 Å². The average molecular weight is 174 g/mol. The summed E-state index contributed by atoms with van der Waals surface area (Å²) in [5.41, 5.74) is 0.785. The molecule has 1 aromatic heterocycles. The maximum absolute atomic E-state index is 10.6. The fourth-order valence-electron chi connectivity index (χ4n) is 1.18. The number of hydrogen-bond donors (Lipinski definition) is 1. The van der Waals surface area contributed by atoms with Crippen LogP contribution < -0.4 is 0 Å². The second kappa shape index (κ2) is 2.82. The maximum atomic E-state index is 10.6. The van der Waals surface area contributed by atoms with E-state index in [9.17, 15) is 9.90 Å². The Labute approximate surface area is 73.8 Å². The molecule has 0 radical (unpaired) electrons. The van der Waals surface area contributed by atoms with E-state index in [-0.39, 0.29) is 5.75 Å². The smallest absolute Gasteiger partial charge is 0.152 e. The highest BCUT2D eigenvalue weighted by Gasteiger charge is 2.04. The summed E-state index contributed by atoms with van der Waals surface area (Å²) in [6.45, 7) is 0. The van der Waals surface area contributed by atoms with Crippen LogP contribution in [0.4, 0.5) is 0 Å². The first-order chi connectivity index (χ1) is 6.33. The van der Waals surface area contributed by atoms with Gasteiger partial charge in [0, 0.05) is 10.9 Å². The van der Waals surface area contributed by atoms with E-state index < -0.39 is 0 Å². The third kappa shape index (κ3) is 1.12. The van der Waals surface area contributed by atoms with E-state index in [1.807, 2.05) is 0 Å². The highest BCUT2D eigenvalue weighted by Crippen LogP contribution is 2.22. The molecular weight excluding hydrogens is 168 g/mol. The standard InChI is InChI=1S/C9H6N2O2/c12-5-6-4-10-11-9-7(6)2-1-3-8(9)13/h1-5,13H. The van der Waals surface area contributed by atoms with E-state index in [4.69, 9.17) is 0 Å². The zero-order valence-corrected chi connectivity index (χ0v) is 6.64. The summed E-state index contributed by atoms with van der Waals surface area (Å²) in [7, 11) is 0. The Bertz CT molecular complexity index is 468. The number of benzene rings is 1. The minimum atomic E-state index is 0.0358. The van der Waals surface area contributed by atoms with Crippen LogP contribution in [0.3, 0.4) is 0 Å². The highest BCUT2D eigenvalue weighted by atomic mass is 16.3. The van der Waals surface area contributed by atoms with E-state index in [0.717, 1.165) is 0 Å². The van der Waals surface area contributed by atoms with Gasteiger partial charge in [-0.05, 0) is 6.07 Å². The Balaban J connectivity index is 2.92. The molecule has 2 rings (SSSR count). The lowest BCUT2D eigenvalue weighted by molar-refractivity contribution is 0.112. The van der Waals surface area contributed by atoms with Crippen LogP contribution in [0.2, 0.25) is 0 Å². The third-order valence-corrected chi connectivity index (χ3v) is 1.81. The lowest BCUT2D eigenvalue weighted by Crippen LogP contribution is -1.89. The number of fused-ring (bicyclic) bond motifs is 1. The van der Waals surface area contributed by atoms with Crippen molar-refractivity contribution in [2.24, 2.45) is 0 Å². The fourth-order valence-corrected chi connectivity index (χ4v) is 1.18. The van der Waals surface area contributed by atoms with Crippen molar-refractivity contribution < 1.29 is 9.90 Å². The summed E-state index contributed by atoms with van der Waals surface area (Å²) in [4.78, 5) is 10.6. The van der Waals surface area contributed by atoms with Crippen LogP contribution in [0.25, 0.3) is 10.9 Å². The molecule has 0 aliphatic heterocycles. The quantitative estimate of drug-likeness (QED) is 0.658. The summed E-state index contributed by atoms with van der Waals surface area (Å²) in [5.74, 6) is 0.0358. The SMILES string of the molecule is O=Cc1cnnc2c(O)cccc12. The number of aldehydes is 1. The summed E-state index contributed by atoms with van der Waals surface area (Å²) >= 11 is 0. The van der Waals surface area contributed by atoms with Gasteiger partial charge in [0.25, 0.3) is 0 Å². The molecule has 1 N–H and O–H groups in total. The summed E-state index contributed by atoms with van der Waals surface area (Å²) in [5, 5.41) is 17.3. The van der Waals surface area contributed by atoms with Crippen LogP contribution in [0.15, 0.2) is 24.4 Å². The van der Waals surface area contributed by atoms with Gasteiger partial charge < -0.3 is 5.11 Å². The van der Waals surface area contributed by atoms with Gasteiger partial charge in [-0.1, -0.05) is 12.1 Å². The predicted octanol–water partition coefficient (Wildman–Crippen LogP) is 1.15. The van der Waals surface area contributed by atoms with Gasteiger partial charge in [-0.15, -0.1) is 5.10 Å². The number of aromatic hydroxyl groups is 1. The van der Waals surface area contributed by atoms with Gasteiger partial charge >= 0.3 is 0 Å². The Kier molecular flexibility index (Phi) is 1.66. The van der Waals surface area contributed by atoms with Gasteiger partial charge in [-0.3, -0.25) is 4.79 Å². The molecule has 0 bridgehead atoms. The number of nitrogens with zero attached hydrogens (tertiary/aromatic N) is 2. The second-order valence-corrected chi connectivity index (χ2v) is 2.59. The van der Waals surface area contributed by atoms with Crippen molar-refractivity contribution in [2.75, 3.05) is 0 Å². The first-order valence-corrected chi connectivity index (χ1v) is 3.71. The molecule has 0 fully saturated rings. The van der Waals surface area contributed by atoms with E-state index in [2.05, 4.69) is 10.2 Å². The van der Waals surface area contributed by atoms with Gasteiger partial charge in [0.2, 0.25) is 0 Å². The monoisotopic (exact) mass is 174 g/mol. The first-order valence-electron chi connectivity index (χ1n) is 3.71. The zero-order chi connectivity index (χ0) is 9.26. The van der Waals surface area contributed by atoms with Gasteiger partial charge in [0.05, 0.1) is 6.20 Å². The second-order valence-electron chi connectivity index (χ2n) is 2.59. The topological polar surface area (TPSA) is 63.1 Å². The zero-order valence-electron chi connectivity index (χ0n) is 6.64. The van der Waals surface area contributed by atoms with Crippen molar-refractivity contribution in [1.82, 2.24) is 10.2 Å². The van der Waals surface area contributed by atoms with Crippen LogP contribution in [0, 0.1) is 0 Å². The number of aromatic nitrogens is 2. The van der Waals surface area contributed by atoms with Gasteiger partial charge in [0.1, 0.15) is 11.3 Å². The average Bonchev–Trinajstić information content (AvgIpc) is 2.18. The maximum Gasteiger partial charge on any atom is 0.152 e. The number of phenolic OH excluding ortho intramolecular Hbond substituents is 1. The Hall–Kier alpha value is -1.97. The van der Waals surface area contributed by atoms with E-state index in [1.54, 1.807) is 12.1 Å². The fraction of sp³-hybridized carbons (Fsp3) is 0. The Morgan fingerprint density at radius 1 is 1.38 bits per heavy atom. The molecule has 64 valence electrons. The molecule has 0 unspecified atom stereocenters. The highest BCUT2D eigenvalue weighted by molar-refractivity contribution is 5.97. The molecule has 2 aromatic rings. The van der Waals surface area contributed by atoms with E-state index >= 15 is 0 Å². The molecule has 13 heavy (non-hydrogen) atoms. The summed E-state index contributed by atoms with van der Waals surface area (Å²) < 4.78 is 0. The van der Waals surface area contributed by atoms with Crippen LogP contribution >= 0.6 is 0 Å². The third-order valence-electron chi connectivity index (χ3n) is 1.81. The molecule has 4 heteroatoms. The van der Waals surface area contributed by atoms with Crippen molar-refractivity contribution in [3.8, 4) is 5.75 Å². The van der Waals surface area contributed by atoms with Crippen LogP contribution in [-0.2, 0) is 0 Å². The lowest BCUT2D eigenvalue weighted by Gasteiger charge is -1.99. The molecule has 1 aromatic carbocycles. The van der Waals surface area contributed by atoms with Crippen LogP contribution in [-0.4, -0.2) is 21.6 Å². The van der Waals surface area contributed by atoms with E-state index in [0.29, 0.717) is 22.8 Å². The molecule has 0 saturated carbocycles. The molecule has 1 heterocycles. The number of hydrogen-bond acceptors (Lipinski definition) is 4. The summed E-state index contributed by atoms with van der Waals surface area (Å²) in [6.07, 6.45) is 2.06. The number of rotatable bonds is 1. The molecule has 0 saturated heterocycles. The molecule has 0 amide bonds. The van der Waals surface area contributed by atoms with Gasteiger partial charge in [0.15, 0.2) is 6.29 Å². The van der Waals surface area contributed by atoms with Crippen LogP contribution in [0.1, 0.15) is 10.4 Å². The molecule has 0 aliphatic rings.